The van der Waals surface area contributed by atoms with Gasteiger partial charge in [-0.1, -0.05) is 13.8 Å². The van der Waals surface area contributed by atoms with Crippen molar-refractivity contribution in [1.82, 2.24) is 10.2 Å². The summed E-state index contributed by atoms with van der Waals surface area (Å²) in [6.07, 6.45) is 0. The fourth-order valence-corrected chi connectivity index (χ4v) is 2.90. The van der Waals surface area contributed by atoms with Crippen LogP contribution in [0.2, 0.25) is 0 Å². The summed E-state index contributed by atoms with van der Waals surface area (Å²) < 4.78 is 10.6. The molecule has 6 nitrogen and oxygen atoms in total. The predicted octanol–water partition coefficient (Wildman–Crippen LogP) is 1.66. The van der Waals surface area contributed by atoms with Crippen LogP contribution in [0.15, 0.2) is 17.1 Å². The summed E-state index contributed by atoms with van der Waals surface area (Å²) in [4.78, 5) is 18.7. The highest BCUT2D eigenvalue weighted by molar-refractivity contribution is 6.07. The molecule has 1 saturated heterocycles. The van der Waals surface area contributed by atoms with E-state index in [0.717, 1.165) is 11.3 Å². The minimum absolute atomic E-state index is 0.00971. The average Bonchev–Trinajstić information content (AvgIpc) is 2.77. The summed E-state index contributed by atoms with van der Waals surface area (Å²) in [7, 11) is 3.21. The molecule has 0 aliphatic carbocycles. The molecule has 1 fully saturated rings. The first-order valence-electron chi connectivity index (χ1n) is 6.96. The molecule has 1 amide bonds. The number of nitrogens with one attached hydrogen (secondary N) is 1. The van der Waals surface area contributed by atoms with Gasteiger partial charge in [-0.3, -0.25) is 10.1 Å². The number of methoxy groups -OCH3 is 2. The Morgan fingerprint density at radius 2 is 1.95 bits per heavy atom. The highest BCUT2D eigenvalue weighted by atomic mass is 16.5. The van der Waals surface area contributed by atoms with Crippen molar-refractivity contribution in [3.8, 4) is 11.5 Å². The Kier molecular flexibility index (Phi) is 3.23. The molecule has 21 heavy (non-hydrogen) atoms. The first-order chi connectivity index (χ1) is 10.0. The summed E-state index contributed by atoms with van der Waals surface area (Å²) in [6, 6.07) is 3.59. The van der Waals surface area contributed by atoms with E-state index < -0.39 is 0 Å². The Balaban J connectivity index is 2.03. The Bertz CT molecular complexity index is 625. The quantitative estimate of drug-likeness (QED) is 0.919. The maximum absolute atomic E-state index is 12.1. The fourth-order valence-electron chi connectivity index (χ4n) is 2.90. The van der Waals surface area contributed by atoms with E-state index in [1.807, 2.05) is 30.9 Å². The highest BCUT2D eigenvalue weighted by Crippen LogP contribution is 2.38. The lowest BCUT2D eigenvalue weighted by molar-refractivity contribution is -0.122. The number of rotatable bonds is 3. The highest BCUT2D eigenvalue weighted by Gasteiger charge is 2.40. The van der Waals surface area contributed by atoms with E-state index in [4.69, 9.17) is 9.47 Å². The van der Waals surface area contributed by atoms with Crippen molar-refractivity contribution < 1.29 is 14.3 Å². The number of fused-ring (bicyclic) bond motifs is 2. The molecular formula is C15H19N3O3. The number of amides is 1. The number of carbonyl (C=O) groups is 1. The van der Waals surface area contributed by atoms with Crippen LogP contribution in [0.3, 0.4) is 0 Å². The van der Waals surface area contributed by atoms with Crippen molar-refractivity contribution >= 4 is 17.6 Å². The fraction of sp³-hybridized carbons (Fsp3) is 0.467. The van der Waals surface area contributed by atoms with Gasteiger partial charge >= 0.3 is 0 Å². The molecule has 1 unspecified atom stereocenters. The lowest BCUT2D eigenvalue weighted by Gasteiger charge is -2.30. The lowest BCUT2D eigenvalue weighted by Crippen LogP contribution is -2.39. The molecule has 0 saturated carbocycles. The van der Waals surface area contributed by atoms with Crippen LogP contribution >= 0.6 is 0 Å². The largest absolute Gasteiger partial charge is 0.493 e. The van der Waals surface area contributed by atoms with Crippen LogP contribution in [0.4, 0.5) is 5.69 Å². The van der Waals surface area contributed by atoms with E-state index in [-0.39, 0.29) is 17.9 Å². The molecule has 0 spiro atoms. The monoisotopic (exact) mass is 289 g/mol. The molecule has 0 aromatic heterocycles. The average molecular weight is 289 g/mol. The smallest absolute Gasteiger partial charge is 0.249 e. The molecule has 1 N–H and O–H groups in total. The molecule has 2 heterocycles. The summed E-state index contributed by atoms with van der Waals surface area (Å²) in [5.74, 6) is 2.17. The van der Waals surface area contributed by atoms with E-state index in [9.17, 15) is 4.79 Å². The zero-order chi connectivity index (χ0) is 15.1. The number of nitrogens with zero attached hydrogens (tertiary/aromatic N) is 2. The molecule has 112 valence electrons. The van der Waals surface area contributed by atoms with Crippen LogP contribution < -0.4 is 14.8 Å². The number of ether oxygens (including phenoxy) is 2. The van der Waals surface area contributed by atoms with Gasteiger partial charge in [-0.2, -0.15) is 0 Å². The van der Waals surface area contributed by atoms with Crippen LogP contribution in [0.5, 0.6) is 11.5 Å². The molecule has 1 aromatic rings. The Morgan fingerprint density at radius 3 is 2.57 bits per heavy atom. The topological polar surface area (TPSA) is 63.2 Å². The zero-order valence-corrected chi connectivity index (χ0v) is 12.6. The maximum atomic E-state index is 12.1. The van der Waals surface area contributed by atoms with E-state index in [2.05, 4.69) is 10.3 Å². The van der Waals surface area contributed by atoms with Crippen molar-refractivity contribution in [2.45, 2.75) is 26.4 Å². The first kappa shape index (κ1) is 13.7. The zero-order valence-electron chi connectivity index (χ0n) is 12.6. The molecule has 3 rings (SSSR count). The SMILES string of the molecule is COc1cc2c(cc1OC)N=C1NC(=O)C(C(C)C)N1C2. The summed E-state index contributed by atoms with van der Waals surface area (Å²) in [5, 5.41) is 2.86. The first-order valence-corrected chi connectivity index (χ1v) is 6.96. The Hall–Kier alpha value is -2.24. The van der Waals surface area contributed by atoms with Crippen molar-refractivity contribution in [1.29, 1.82) is 0 Å². The van der Waals surface area contributed by atoms with E-state index in [1.165, 1.54) is 0 Å². The lowest BCUT2D eigenvalue weighted by atomic mass is 10.0. The van der Waals surface area contributed by atoms with Gasteiger partial charge in [0.05, 0.1) is 19.9 Å². The maximum Gasteiger partial charge on any atom is 0.249 e. The number of aliphatic imine (C=N–C) groups is 1. The van der Waals surface area contributed by atoms with Gasteiger partial charge in [0.15, 0.2) is 11.5 Å². The third-order valence-corrected chi connectivity index (χ3v) is 3.89. The summed E-state index contributed by atoms with van der Waals surface area (Å²) >= 11 is 0. The standard InChI is InChI=1S/C15H19N3O3/c1-8(2)13-14(19)17-15-16-10-6-12(21-4)11(20-3)5-9(10)7-18(13)15/h5-6,8,13H,7H2,1-4H3,(H,16,17,19). The molecule has 2 aliphatic rings. The molecular weight excluding hydrogens is 270 g/mol. The minimum atomic E-state index is -0.176. The minimum Gasteiger partial charge on any atom is -0.493 e. The van der Waals surface area contributed by atoms with Crippen LogP contribution in [-0.2, 0) is 11.3 Å². The molecule has 0 radical (unpaired) electrons. The number of carbonyl (C=O) groups excluding carboxylic acids is 1. The van der Waals surface area contributed by atoms with Gasteiger partial charge in [-0.15, -0.1) is 0 Å². The summed E-state index contributed by atoms with van der Waals surface area (Å²) in [5.41, 5.74) is 1.84. The van der Waals surface area contributed by atoms with Gasteiger partial charge in [-0.05, 0) is 12.0 Å². The number of guanidine groups is 1. The third-order valence-electron chi connectivity index (χ3n) is 3.89. The predicted molar refractivity (Wildman–Crippen MR) is 79.0 cm³/mol. The van der Waals surface area contributed by atoms with Crippen LogP contribution in [-0.4, -0.2) is 37.0 Å². The van der Waals surface area contributed by atoms with Crippen molar-refractivity contribution in [3.05, 3.63) is 17.7 Å². The van der Waals surface area contributed by atoms with Crippen molar-refractivity contribution in [2.75, 3.05) is 14.2 Å². The Labute approximate surface area is 123 Å². The Morgan fingerprint density at radius 1 is 1.29 bits per heavy atom. The van der Waals surface area contributed by atoms with Crippen LogP contribution in [0.25, 0.3) is 0 Å². The third kappa shape index (κ3) is 2.11. The second kappa shape index (κ2) is 4.95. The van der Waals surface area contributed by atoms with Crippen LogP contribution in [0.1, 0.15) is 19.4 Å². The van der Waals surface area contributed by atoms with Gasteiger partial charge in [0, 0.05) is 18.2 Å². The van der Waals surface area contributed by atoms with Gasteiger partial charge in [0.25, 0.3) is 0 Å². The normalized spacial score (nSPS) is 19.9. The second-order valence-electron chi connectivity index (χ2n) is 5.58. The van der Waals surface area contributed by atoms with Gasteiger partial charge in [-0.25, -0.2) is 4.99 Å². The van der Waals surface area contributed by atoms with Gasteiger partial charge < -0.3 is 14.4 Å². The van der Waals surface area contributed by atoms with Crippen LogP contribution in [0, 0.1) is 5.92 Å². The van der Waals surface area contributed by atoms with Crippen molar-refractivity contribution in [2.24, 2.45) is 10.9 Å². The second-order valence-corrected chi connectivity index (χ2v) is 5.58. The number of hydrogen-bond acceptors (Lipinski definition) is 5. The van der Waals surface area contributed by atoms with E-state index in [0.29, 0.717) is 24.0 Å². The van der Waals surface area contributed by atoms with Gasteiger partial charge in [0.2, 0.25) is 11.9 Å². The molecule has 2 aliphatic heterocycles. The number of benzene rings is 1. The van der Waals surface area contributed by atoms with E-state index in [1.54, 1.807) is 14.2 Å². The molecule has 0 bridgehead atoms. The number of hydrogen-bond donors (Lipinski definition) is 1. The summed E-state index contributed by atoms with van der Waals surface area (Å²) in [6.45, 7) is 4.71. The van der Waals surface area contributed by atoms with Gasteiger partial charge in [0.1, 0.15) is 6.04 Å². The van der Waals surface area contributed by atoms with E-state index >= 15 is 0 Å². The molecule has 6 heteroatoms. The van der Waals surface area contributed by atoms with Crippen molar-refractivity contribution in [3.63, 3.8) is 0 Å². The molecule has 1 aromatic carbocycles. The molecule has 1 atom stereocenters.